The van der Waals surface area contributed by atoms with Crippen LogP contribution in [0.2, 0.25) is 0 Å². The first-order valence-electron chi connectivity index (χ1n) is 7.89. The first kappa shape index (κ1) is 19.7. The van der Waals surface area contributed by atoms with Gasteiger partial charge in [0.1, 0.15) is 5.82 Å². The van der Waals surface area contributed by atoms with E-state index in [1.54, 1.807) is 0 Å². The molecule has 0 unspecified atom stereocenters. The number of hydrogen-bond donors (Lipinski definition) is 0. The van der Waals surface area contributed by atoms with Gasteiger partial charge in [-0.05, 0) is 36.5 Å². The van der Waals surface area contributed by atoms with Crippen molar-refractivity contribution in [1.82, 2.24) is 4.31 Å². The molecule has 146 valence electrons. The summed E-state index contributed by atoms with van der Waals surface area (Å²) in [4.78, 5) is -1.89. The zero-order valence-corrected chi connectivity index (χ0v) is 14.5. The summed E-state index contributed by atoms with van der Waals surface area (Å²) < 4.78 is 107. The predicted octanol–water partition coefficient (Wildman–Crippen LogP) is 4.12. The van der Waals surface area contributed by atoms with Crippen LogP contribution in [-0.2, 0) is 16.6 Å². The summed E-state index contributed by atoms with van der Waals surface area (Å²) in [5.74, 6) is -12.6. The molecule has 0 saturated heterocycles. The van der Waals surface area contributed by atoms with Gasteiger partial charge < -0.3 is 0 Å². The van der Waals surface area contributed by atoms with Crippen LogP contribution in [0.3, 0.4) is 0 Å². The van der Waals surface area contributed by atoms with Gasteiger partial charge in [-0.3, -0.25) is 0 Å². The quantitative estimate of drug-likeness (QED) is 0.409. The molecule has 1 aliphatic rings. The fourth-order valence-electron chi connectivity index (χ4n) is 2.57. The van der Waals surface area contributed by atoms with Crippen molar-refractivity contribution in [3.8, 4) is 0 Å². The SMILES string of the molecule is O=S(=O)(c1c(F)c(F)c(F)c(F)c1F)N(Cc1ccc(F)cc1)CC1CC1. The Balaban J connectivity index is 2.07. The number of hydrogen-bond acceptors (Lipinski definition) is 2. The van der Waals surface area contributed by atoms with Crippen molar-refractivity contribution in [1.29, 1.82) is 0 Å². The highest BCUT2D eigenvalue weighted by molar-refractivity contribution is 7.89. The van der Waals surface area contributed by atoms with Crippen molar-refractivity contribution in [2.24, 2.45) is 5.92 Å². The van der Waals surface area contributed by atoms with Crippen molar-refractivity contribution in [3.63, 3.8) is 0 Å². The number of halogens is 6. The number of benzene rings is 2. The molecule has 2 aromatic carbocycles. The zero-order valence-electron chi connectivity index (χ0n) is 13.7. The third-order valence-corrected chi connectivity index (χ3v) is 6.03. The molecule has 0 spiro atoms. The van der Waals surface area contributed by atoms with Crippen molar-refractivity contribution in [3.05, 3.63) is 64.7 Å². The molecule has 10 heteroatoms. The van der Waals surface area contributed by atoms with Gasteiger partial charge in [0.05, 0.1) is 0 Å². The fourth-order valence-corrected chi connectivity index (χ4v) is 4.19. The Morgan fingerprint density at radius 3 is 1.78 bits per heavy atom. The van der Waals surface area contributed by atoms with Gasteiger partial charge in [0.2, 0.25) is 15.8 Å². The minimum atomic E-state index is -5.04. The van der Waals surface area contributed by atoms with E-state index in [-0.39, 0.29) is 12.5 Å². The van der Waals surface area contributed by atoms with Crippen LogP contribution in [0.15, 0.2) is 29.2 Å². The first-order valence-corrected chi connectivity index (χ1v) is 9.33. The summed E-state index contributed by atoms with van der Waals surface area (Å²) >= 11 is 0. The molecule has 27 heavy (non-hydrogen) atoms. The Morgan fingerprint density at radius 1 is 0.815 bits per heavy atom. The van der Waals surface area contributed by atoms with Gasteiger partial charge in [0, 0.05) is 13.1 Å². The third-order valence-electron chi connectivity index (χ3n) is 4.20. The smallest absolute Gasteiger partial charge is 0.207 e. The van der Waals surface area contributed by atoms with E-state index >= 15 is 0 Å². The van der Waals surface area contributed by atoms with Crippen LogP contribution in [-0.4, -0.2) is 19.3 Å². The van der Waals surface area contributed by atoms with E-state index in [2.05, 4.69) is 0 Å². The van der Waals surface area contributed by atoms with Crippen LogP contribution in [0.5, 0.6) is 0 Å². The lowest BCUT2D eigenvalue weighted by molar-refractivity contribution is 0.345. The maximum absolute atomic E-state index is 14.0. The standard InChI is InChI=1S/C17H13F6NO2S/c18-11-5-3-10(4-6-11)8-24(7-9-1-2-9)27(25,26)17-15(22)13(20)12(19)14(21)16(17)23/h3-6,9H,1-2,7-8H2. The molecule has 0 aliphatic heterocycles. The average Bonchev–Trinajstić information content (AvgIpc) is 3.43. The van der Waals surface area contributed by atoms with Gasteiger partial charge in [-0.2, -0.15) is 4.31 Å². The zero-order chi connectivity index (χ0) is 19.9. The largest absolute Gasteiger partial charge is 0.249 e. The molecule has 1 fully saturated rings. The number of sulfonamides is 1. The molecule has 0 aromatic heterocycles. The molecule has 0 bridgehead atoms. The molecule has 1 saturated carbocycles. The Morgan fingerprint density at radius 2 is 1.30 bits per heavy atom. The van der Waals surface area contributed by atoms with E-state index in [1.165, 1.54) is 12.1 Å². The minimum Gasteiger partial charge on any atom is -0.207 e. The van der Waals surface area contributed by atoms with Gasteiger partial charge in [-0.25, -0.2) is 34.8 Å². The lowest BCUT2D eigenvalue weighted by Gasteiger charge is -2.23. The summed E-state index contributed by atoms with van der Waals surface area (Å²) in [6, 6.07) is 4.66. The average molecular weight is 409 g/mol. The normalized spacial score (nSPS) is 14.8. The molecule has 2 aromatic rings. The second-order valence-corrected chi connectivity index (χ2v) is 8.14. The van der Waals surface area contributed by atoms with Crippen molar-refractivity contribution in [2.75, 3.05) is 6.54 Å². The Kier molecular flexibility index (Phi) is 5.22. The maximum Gasteiger partial charge on any atom is 0.249 e. The molecule has 3 nitrogen and oxygen atoms in total. The summed E-state index contributed by atoms with van der Waals surface area (Å²) in [6.07, 6.45) is 1.35. The van der Waals surface area contributed by atoms with Gasteiger partial charge in [-0.15, -0.1) is 0 Å². The lowest BCUT2D eigenvalue weighted by atomic mass is 10.2. The monoisotopic (exact) mass is 409 g/mol. The Hall–Kier alpha value is -2.07. The van der Waals surface area contributed by atoms with E-state index in [4.69, 9.17) is 0 Å². The van der Waals surface area contributed by atoms with Crippen molar-refractivity contribution < 1.29 is 34.8 Å². The van der Waals surface area contributed by atoms with Crippen LogP contribution in [0.4, 0.5) is 26.3 Å². The summed E-state index contributed by atoms with van der Waals surface area (Å²) in [6.45, 7) is -0.558. The maximum atomic E-state index is 14.0. The third kappa shape index (κ3) is 3.81. The van der Waals surface area contributed by atoms with Gasteiger partial charge in [0.25, 0.3) is 0 Å². The predicted molar refractivity (Wildman–Crippen MR) is 83.0 cm³/mol. The molecule has 1 aliphatic carbocycles. The van der Waals surface area contributed by atoms with E-state index in [0.29, 0.717) is 22.7 Å². The lowest BCUT2D eigenvalue weighted by Crippen LogP contribution is -2.34. The summed E-state index contributed by atoms with van der Waals surface area (Å²) in [5, 5.41) is 0. The Bertz CT molecular complexity index is 945. The molecule has 0 radical (unpaired) electrons. The highest BCUT2D eigenvalue weighted by atomic mass is 32.2. The second-order valence-electron chi connectivity index (χ2n) is 6.27. The Labute approximate surface area is 151 Å². The molecule has 0 heterocycles. The molecular formula is C17H13F6NO2S. The highest BCUT2D eigenvalue weighted by Crippen LogP contribution is 2.34. The topological polar surface area (TPSA) is 37.4 Å². The molecule has 0 atom stereocenters. The van der Waals surface area contributed by atoms with E-state index in [0.717, 1.165) is 12.1 Å². The van der Waals surface area contributed by atoms with Crippen LogP contribution >= 0.6 is 0 Å². The number of rotatable bonds is 6. The van der Waals surface area contributed by atoms with Gasteiger partial charge >= 0.3 is 0 Å². The molecule has 3 rings (SSSR count). The van der Waals surface area contributed by atoms with Crippen LogP contribution in [0.25, 0.3) is 0 Å². The van der Waals surface area contributed by atoms with E-state index in [1.807, 2.05) is 0 Å². The first-order chi connectivity index (χ1) is 12.6. The summed E-state index contributed by atoms with van der Waals surface area (Å²) in [7, 11) is -5.04. The minimum absolute atomic E-state index is 0.0820. The van der Waals surface area contributed by atoms with Crippen LogP contribution in [0, 0.1) is 40.8 Å². The van der Waals surface area contributed by atoms with E-state index < -0.39 is 56.4 Å². The highest BCUT2D eigenvalue weighted by Gasteiger charge is 2.39. The second kappa shape index (κ2) is 7.16. The van der Waals surface area contributed by atoms with E-state index in [9.17, 15) is 34.8 Å². The van der Waals surface area contributed by atoms with Crippen LogP contribution in [0.1, 0.15) is 18.4 Å². The molecular weight excluding hydrogens is 396 g/mol. The van der Waals surface area contributed by atoms with Crippen LogP contribution < -0.4 is 0 Å². The van der Waals surface area contributed by atoms with Gasteiger partial charge in [-0.1, -0.05) is 12.1 Å². The van der Waals surface area contributed by atoms with Gasteiger partial charge in [0.15, 0.2) is 28.2 Å². The van der Waals surface area contributed by atoms with Crippen molar-refractivity contribution >= 4 is 10.0 Å². The number of nitrogens with zero attached hydrogens (tertiary/aromatic N) is 1. The summed E-state index contributed by atoms with van der Waals surface area (Å²) in [5.41, 5.74) is 0.296. The fraction of sp³-hybridized carbons (Fsp3) is 0.294. The molecule has 0 N–H and O–H groups in total. The van der Waals surface area contributed by atoms with Crippen molar-refractivity contribution in [2.45, 2.75) is 24.3 Å². The molecule has 0 amide bonds.